The molecule has 0 radical (unpaired) electrons. The van der Waals surface area contributed by atoms with Gasteiger partial charge in [-0.1, -0.05) is 34.8 Å². The summed E-state index contributed by atoms with van der Waals surface area (Å²) in [4.78, 5) is 25.1. The van der Waals surface area contributed by atoms with E-state index in [9.17, 15) is 14.7 Å². The van der Waals surface area contributed by atoms with Crippen molar-refractivity contribution in [2.45, 2.75) is 11.4 Å². The van der Waals surface area contributed by atoms with Crippen molar-refractivity contribution in [2.24, 2.45) is 5.73 Å². The number of carboxylic acid groups (broad SMARTS) is 1. The Morgan fingerprint density at radius 2 is 1.81 bits per heavy atom. The van der Waals surface area contributed by atoms with Gasteiger partial charge in [0.2, 0.25) is 5.91 Å². The molecule has 2 aromatic rings. The first kappa shape index (κ1) is 22.1. The van der Waals surface area contributed by atoms with Gasteiger partial charge in [-0.05, 0) is 30.3 Å². The number of amides is 1. The van der Waals surface area contributed by atoms with Crippen molar-refractivity contribution in [3.8, 4) is 17.2 Å². The summed E-state index contributed by atoms with van der Waals surface area (Å²) < 4.78 is 11.7. The smallest absolute Gasteiger partial charge is 0.352 e. The van der Waals surface area contributed by atoms with Gasteiger partial charge in [-0.25, -0.2) is 4.79 Å². The number of ether oxygens (including phenoxy) is 2. The predicted molar refractivity (Wildman–Crippen MR) is 119 cm³/mol. The van der Waals surface area contributed by atoms with Crippen LogP contribution >= 0.6 is 46.6 Å². The third kappa shape index (κ3) is 4.31. The molecular weight excluding hydrogens is 487 g/mol. The molecule has 0 spiro atoms. The minimum atomic E-state index is -1.21. The van der Waals surface area contributed by atoms with E-state index in [-0.39, 0.29) is 23.4 Å². The van der Waals surface area contributed by atoms with Gasteiger partial charge in [0.05, 0.1) is 5.02 Å². The van der Waals surface area contributed by atoms with Crippen LogP contribution < -0.4 is 15.2 Å². The van der Waals surface area contributed by atoms with Gasteiger partial charge in [0.15, 0.2) is 11.5 Å². The molecule has 162 valence electrons. The molecule has 2 heterocycles. The molecule has 2 aliphatic heterocycles. The Hall–Kier alpha value is -2.10. The number of thioether (sulfide) groups is 1. The summed E-state index contributed by atoms with van der Waals surface area (Å²) >= 11 is 19.6. The summed E-state index contributed by atoms with van der Waals surface area (Å²) in [6, 6.07) is 8.88. The molecule has 11 heteroatoms. The molecule has 1 saturated heterocycles. The number of fused-ring (bicyclic) bond motifs is 1. The minimum Gasteiger partial charge on any atom is -0.485 e. The van der Waals surface area contributed by atoms with Gasteiger partial charge in [0, 0.05) is 27.4 Å². The Morgan fingerprint density at radius 3 is 2.48 bits per heavy atom. The average molecular weight is 502 g/mol. The second-order valence-corrected chi connectivity index (χ2v) is 9.13. The highest BCUT2D eigenvalue weighted by atomic mass is 35.5. The number of nitrogens with zero attached hydrogens (tertiary/aromatic N) is 1. The van der Waals surface area contributed by atoms with Crippen molar-refractivity contribution in [3.05, 3.63) is 62.7 Å². The Bertz CT molecular complexity index is 1110. The van der Waals surface area contributed by atoms with E-state index in [1.807, 2.05) is 0 Å². The van der Waals surface area contributed by atoms with E-state index in [2.05, 4.69) is 0 Å². The summed E-state index contributed by atoms with van der Waals surface area (Å²) in [6.07, 6.45) is 0. The molecule has 0 aromatic heterocycles. The number of hydrogen-bond acceptors (Lipinski definition) is 6. The molecule has 0 unspecified atom stereocenters. The van der Waals surface area contributed by atoms with Crippen LogP contribution in [0, 0.1) is 0 Å². The molecule has 4 rings (SSSR count). The van der Waals surface area contributed by atoms with Crippen LogP contribution in [0.5, 0.6) is 17.2 Å². The third-order valence-corrected chi connectivity index (χ3v) is 6.84. The quantitative estimate of drug-likeness (QED) is 0.566. The van der Waals surface area contributed by atoms with Gasteiger partial charge in [-0.2, -0.15) is 0 Å². The van der Waals surface area contributed by atoms with Gasteiger partial charge in [0.25, 0.3) is 0 Å². The summed E-state index contributed by atoms with van der Waals surface area (Å²) in [5.74, 6) is -0.288. The molecule has 0 aliphatic carbocycles. The minimum absolute atomic E-state index is 0.0780. The number of carbonyl (C=O) groups is 2. The summed E-state index contributed by atoms with van der Waals surface area (Å²) in [5.41, 5.74) is 6.12. The number of rotatable bonds is 6. The highest BCUT2D eigenvalue weighted by Gasteiger charge is 2.51. The standard InChI is InChI=1S/C20H15Cl3N2O5S/c21-10-1-3-13(12(23)5-10)30-14-4-2-11(22)6-15(14)29-7-9-8-31-19-16(24)18(26)25(19)17(9)20(27)28/h1-6,16,19H,7-8,24H2,(H,27,28)/t16-,19-/m1/s1. The van der Waals surface area contributed by atoms with Gasteiger partial charge >= 0.3 is 5.97 Å². The van der Waals surface area contributed by atoms with E-state index in [4.69, 9.17) is 50.0 Å². The zero-order chi connectivity index (χ0) is 22.3. The van der Waals surface area contributed by atoms with Crippen LogP contribution in [0.3, 0.4) is 0 Å². The Morgan fingerprint density at radius 1 is 1.13 bits per heavy atom. The summed E-state index contributed by atoms with van der Waals surface area (Å²) in [7, 11) is 0. The van der Waals surface area contributed by atoms with Crippen molar-refractivity contribution < 1.29 is 24.2 Å². The fraction of sp³-hybridized carbons (Fsp3) is 0.200. The highest BCUT2D eigenvalue weighted by molar-refractivity contribution is 8.00. The van der Waals surface area contributed by atoms with Crippen molar-refractivity contribution >= 4 is 58.4 Å². The van der Waals surface area contributed by atoms with E-state index in [0.29, 0.717) is 37.9 Å². The molecule has 2 atom stereocenters. The highest BCUT2D eigenvalue weighted by Crippen LogP contribution is 2.41. The van der Waals surface area contributed by atoms with Crippen molar-refractivity contribution in [3.63, 3.8) is 0 Å². The number of aliphatic carboxylic acids is 1. The molecule has 2 aliphatic rings. The molecule has 0 bridgehead atoms. The van der Waals surface area contributed by atoms with Crippen LogP contribution in [-0.2, 0) is 9.59 Å². The number of benzene rings is 2. The maximum absolute atomic E-state index is 12.1. The van der Waals surface area contributed by atoms with Crippen molar-refractivity contribution in [2.75, 3.05) is 12.4 Å². The van der Waals surface area contributed by atoms with Gasteiger partial charge in [-0.15, -0.1) is 11.8 Å². The molecular formula is C20H15Cl3N2O5S. The van der Waals surface area contributed by atoms with Crippen LogP contribution in [0.25, 0.3) is 0 Å². The molecule has 0 saturated carbocycles. The topological polar surface area (TPSA) is 102 Å². The monoisotopic (exact) mass is 500 g/mol. The number of β-lactam (4-membered cyclic amide) rings is 1. The van der Waals surface area contributed by atoms with Crippen LogP contribution in [0.2, 0.25) is 15.1 Å². The first-order chi connectivity index (χ1) is 14.8. The number of carbonyl (C=O) groups excluding carboxylic acids is 1. The van der Waals surface area contributed by atoms with E-state index in [1.165, 1.54) is 16.7 Å². The van der Waals surface area contributed by atoms with Crippen LogP contribution in [0.1, 0.15) is 0 Å². The number of nitrogens with two attached hydrogens (primary N) is 1. The Labute approximate surface area is 196 Å². The largest absolute Gasteiger partial charge is 0.485 e. The van der Waals surface area contributed by atoms with Gasteiger partial charge in [0.1, 0.15) is 29.5 Å². The van der Waals surface area contributed by atoms with Crippen molar-refractivity contribution in [1.29, 1.82) is 0 Å². The maximum Gasteiger partial charge on any atom is 0.352 e. The lowest BCUT2D eigenvalue weighted by atomic mass is 10.0. The number of carboxylic acids is 1. The lowest BCUT2D eigenvalue weighted by Gasteiger charge is -2.47. The van der Waals surface area contributed by atoms with Gasteiger partial charge < -0.3 is 20.3 Å². The first-order valence-electron chi connectivity index (χ1n) is 8.97. The van der Waals surface area contributed by atoms with E-state index >= 15 is 0 Å². The fourth-order valence-corrected chi connectivity index (χ4v) is 5.09. The normalized spacial score (nSPS) is 20.3. The second kappa shape index (κ2) is 8.80. The SMILES string of the molecule is N[C@@H]1C(=O)N2C(C(=O)O)=C(COc3cc(Cl)ccc3Oc3ccc(Cl)cc3Cl)CS[C@H]12. The zero-order valence-corrected chi connectivity index (χ0v) is 18.8. The Kier molecular flexibility index (Phi) is 6.27. The molecule has 2 aromatic carbocycles. The summed E-state index contributed by atoms with van der Waals surface area (Å²) in [6.45, 7) is -0.0780. The summed E-state index contributed by atoms with van der Waals surface area (Å²) in [5, 5.41) is 10.5. The van der Waals surface area contributed by atoms with E-state index in [0.717, 1.165) is 0 Å². The van der Waals surface area contributed by atoms with Crippen LogP contribution in [-0.4, -0.2) is 45.7 Å². The van der Waals surface area contributed by atoms with E-state index < -0.39 is 17.9 Å². The fourth-order valence-electron chi connectivity index (χ4n) is 3.21. The molecule has 7 nitrogen and oxygen atoms in total. The second-order valence-electron chi connectivity index (χ2n) is 6.75. The number of hydrogen-bond donors (Lipinski definition) is 2. The molecule has 3 N–H and O–H groups in total. The molecule has 1 amide bonds. The van der Waals surface area contributed by atoms with Crippen LogP contribution in [0.4, 0.5) is 0 Å². The van der Waals surface area contributed by atoms with Crippen LogP contribution in [0.15, 0.2) is 47.7 Å². The van der Waals surface area contributed by atoms with Crippen molar-refractivity contribution in [1.82, 2.24) is 4.90 Å². The van der Waals surface area contributed by atoms with Gasteiger partial charge in [-0.3, -0.25) is 9.69 Å². The average Bonchev–Trinajstić information content (AvgIpc) is 2.74. The lowest BCUT2D eigenvalue weighted by Crippen LogP contribution is -2.68. The maximum atomic E-state index is 12.1. The Balaban J connectivity index is 1.59. The third-order valence-electron chi connectivity index (χ3n) is 4.71. The zero-order valence-electron chi connectivity index (χ0n) is 15.7. The molecule has 31 heavy (non-hydrogen) atoms. The predicted octanol–water partition coefficient (Wildman–Crippen LogP) is 4.40. The first-order valence-corrected chi connectivity index (χ1v) is 11.2. The number of halogens is 3. The van der Waals surface area contributed by atoms with E-state index in [1.54, 1.807) is 36.4 Å². The molecule has 1 fully saturated rings. The lowest BCUT2D eigenvalue weighted by molar-refractivity contribution is -0.148.